The lowest BCUT2D eigenvalue weighted by molar-refractivity contribution is 0.510. The molecule has 9 heteroatoms. The second-order valence-electron chi connectivity index (χ2n) is 7.07. The summed E-state index contributed by atoms with van der Waals surface area (Å²) in [5.41, 5.74) is 0.354. The Morgan fingerprint density at radius 2 is 1.56 bits per heavy atom. The molecule has 1 N–H and O–H groups in total. The maximum atomic E-state index is 15.0. The first kappa shape index (κ1) is 22.0. The molecule has 0 aliphatic rings. The molecule has 3 aromatic carbocycles. The number of halogens is 6. The van der Waals surface area contributed by atoms with Crippen molar-refractivity contribution < 1.29 is 22.0 Å². The number of benzene rings is 3. The molecular formula is C23H15BrF5N3. The maximum absolute atomic E-state index is 15.0. The lowest BCUT2D eigenvalue weighted by Gasteiger charge is -2.16. The molecule has 0 bridgehead atoms. The van der Waals surface area contributed by atoms with Gasteiger partial charge in [-0.05, 0) is 46.6 Å². The minimum absolute atomic E-state index is 0.0781. The van der Waals surface area contributed by atoms with Gasteiger partial charge in [0.15, 0.2) is 17.5 Å². The number of aryl methyl sites for hydroxylation is 2. The Hall–Kier alpha value is -3.20. The van der Waals surface area contributed by atoms with Crippen LogP contribution >= 0.6 is 15.9 Å². The van der Waals surface area contributed by atoms with E-state index in [1.165, 1.54) is 28.9 Å². The van der Waals surface area contributed by atoms with E-state index in [1.54, 1.807) is 14.0 Å². The van der Waals surface area contributed by atoms with Gasteiger partial charge >= 0.3 is 0 Å². The molecule has 0 aliphatic carbocycles. The predicted octanol–water partition coefficient (Wildman–Crippen LogP) is 7.26. The van der Waals surface area contributed by atoms with Crippen LogP contribution in [-0.4, -0.2) is 9.78 Å². The van der Waals surface area contributed by atoms with E-state index in [9.17, 15) is 22.0 Å². The van der Waals surface area contributed by atoms with Gasteiger partial charge in [0.05, 0.1) is 11.4 Å². The topological polar surface area (TPSA) is 29.9 Å². The van der Waals surface area contributed by atoms with Crippen molar-refractivity contribution in [2.75, 3.05) is 5.32 Å². The highest BCUT2D eigenvalue weighted by atomic mass is 79.9. The molecule has 0 atom stereocenters. The SMILES string of the molecule is Cc1nn(C)c(Nc2c(F)cc(F)cc2Br)c1-c1ccc(F)c(F)c1-c1ccccc1F. The van der Waals surface area contributed by atoms with Crippen LogP contribution in [0.1, 0.15) is 5.69 Å². The molecule has 0 saturated carbocycles. The molecule has 164 valence electrons. The van der Waals surface area contributed by atoms with Crippen LogP contribution in [0.25, 0.3) is 22.3 Å². The third kappa shape index (κ3) is 3.77. The summed E-state index contributed by atoms with van der Waals surface area (Å²) in [6, 6.07) is 9.45. The second kappa shape index (κ2) is 8.38. The van der Waals surface area contributed by atoms with Gasteiger partial charge in [-0.15, -0.1) is 0 Å². The fourth-order valence-corrected chi connectivity index (χ4v) is 4.10. The summed E-state index contributed by atoms with van der Waals surface area (Å²) in [6.07, 6.45) is 0. The van der Waals surface area contributed by atoms with Crippen LogP contribution in [0.4, 0.5) is 33.5 Å². The standard InChI is InChI=1S/C23H15BrF5N3/c1-11-19(23(32(2)31-11)30-22-15(24)9-12(25)10-18(22)28)14-7-8-17(27)21(29)20(14)13-5-3-4-6-16(13)26/h3-10,30H,1-2H3. The molecule has 0 fully saturated rings. The summed E-state index contributed by atoms with van der Waals surface area (Å²) >= 11 is 3.12. The number of nitrogens with zero attached hydrogens (tertiary/aromatic N) is 2. The third-order valence-corrected chi connectivity index (χ3v) is 5.61. The highest BCUT2D eigenvalue weighted by Crippen LogP contribution is 2.42. The van der Waals surface area contributed by atoms with Crippen LogP contribution in [0.3, 0.4) is 0 Å². The van der Waals surface area contributed by atoms with Gasteiger partial charge in [0, 0.05) is 34.3 Å². The van der Waals surface area contributed by atoms with Crippen LogP contribution in [-0.2, 0) is 7.05 Å². The molecule has 0 amide bonds. The van der Waals surface area contributed by atoms with E-state index in [2.05, 4.69) is 26.3 Å². The number of nitrogens with one attached hydrogen (secondary N) is 1. The number of hydrogen-bond acceptors (Lipinski definition) is 2. The Labute approximate surface area is 188 Å². The van der Waals surface area contributed by atoms with Crippen LogP contribution in [0.2, 0.25) is 0 Å². The number of rotatable bonds is 4. The lowest BCUT2D eigenvalue weighted by Crippen LogP contribution is -2.04. The van der Waals surface area contributed by atoms with Crippen molar-refractivity contribution in [3.63, 3.8) is 0 Å². The van der Waals surface area contributed by atoms with Crippen LogP contribution in [0, 0.1) is 36.0 Å². The summed E-state index contributed by atoms with van der Waals surface area (Å²) in [5.74, 6) is -4.53. The molecular weight excluding hydrogens is 493 g/mol. The predicted molar refractivity (Wildman–Crippen MR) is 116 cm³/mol. The Kier molecular flexibility index (Phi) is 5.77. The van der Waals surface area contributed by atoms with Gasteiger partial charge in [0.2, 0.25) is 0 Å². The van der Waals surface area contributed by atoms with Crippen LogP contribution < -0.4 is 5.32 Å². The summed E-state index contributed by atoms with van der Waals surface area (Å²) in [5, 5.41) is 7.16. The Morgan fingerprint density at radius 1 is 0.844 bits per heavy atom. The monoisotopic (exact) mass is 507 g/mol. The maximum Gasteiger partial charge on any atom is 0.167 e. The normalized spacial score (nSPS) is 11.1. The van der Waals surface area contributed by atoms with Gasteiger partial charge in [0.1, 0.15) is 17.5 Å². The van der Waals surface area contributed by atoms with Crippen molar-refractivity contribution in [3.8, 4) is 22.3 Å². The van der Waals surface area contributed by atoms with E-state index in [-0.39, 0.29) is 32.7 Å². The first-order valence-electron chi connectivity index (χ1n) is 9.37. The third-order valence-electron chi connectivity index (χ3n) is 4.98. The Balaban J connectivity index is 1.98. The quantitative estimate of drug-likeness (QED) is 0.294. The molecule has 0 unspecified atom stereocenters. The molecule has 1 aromatic heterocycles. The van der Waals surface area contributed by atoms with Gasteiger partial charge in [-0.3, -0.25) is 4.68 Å². The minimum Gasteiger partial charge on any atom is -0.337 e. The largest absolute Gasteiger partial charge is 0.337 e. The van der Waals surface area contributed by atoms with E-state index in [0.717, 1.165) is 18.2 Å². The molecule has 0 aliphatic heterocycles. The van der Waals surface area contributed by atoms with E-state index >= 15 is 0 Å². The zero-order valence-electron chi connectivity index (χ0n) is 16.8. The molecule has 0 spiro atoms. The van der Waals surface area contributed by atoms with Gasteiger partial charge in [-0.1, -0.05) is 24.3 Å². The first-order valence-corrected chi connectivity index (χ1v) is 10.2. The Morgan fingerprint density at radius 3 is 2.25 bits per heavy atom. The van der Waals surface area contributed by atoms with E-state index < -0.39 is 29.1 Å². The second-order valence-corrected chi connectivity index (χ2v) is 7.92. The van der Waals surface area contributed by atoms with Crippen molar-refractivity contribution in [1.82, 2.24) is 9.78 Å². The van der Waals surface area contributed by atoms with Crippen molar-refractivity contribution >= 4 is 27.4 Å². The highest BCUT2D eigenvalue weighted by molar-refractivity contribution is 9.10. The van der Waals surface area contributed by atoms with Crippen molar-refractivity contribution in [1.29, 1.82) is 0 Å². The van der Waals surface area contributed by atoms with Gasteiger partial charge in [0.25, 0.3) is 0 Å². The zero-order chi connectivity index (χ0) is 23.2. The average Bonchev–Trinajstić information content (AvgIpc) is 3.00. The van der Waals surface area contributed by atoms with Crippen LogP contribution in [0.5, 0.6) is 0 Å². The van der Waals surface area contributed by atoms with E-state index in [0.29, 0.717) is 17.3 Å². The lowest BCUT2D eigenvalue weighted by atomic mass is 9.93. The summed E-state index contributed by atoms with van der Waals surface area (Å²) in [7, 11) is 1.57. The first-order chi connectivity index (χ1) is 15.2. The molecule has 3 nitrogen and oxygen atoms in total. The van der Waals surface area contributed by atoms with Crippen molar-refractivity contribution in [2.24, 2.45) is 7.05 Å². The van der Waals surface area contributed by atoms with Crippen molar-refractivity contribution in [3.05, 3.63) is 87.8 Å². The van der Waals surface area contributed by atoms with Gasteiger partial charge < -0.3 is 5.32 Å². The number of hydrogen-bond donors (Lipinski definition) is 1. The summed E-state index contributed by atoms with van der Waals surface area (Å²) < 4.78 is 73.2. The zero-order valence-corrected chi connectivity index (χ0v) is 18.4. The van der Waals surface area contributed by atoms with Crippen LogP contribution in [0.15, 0.2) is 53.0 Å². The fourth-order valence-electron chi connectivity index (χ4n) is 3.59. The molecule has 4 aromatic rings. The van der Waals surface area contributed by atoms with Crippen molar-refractivity contribution in [2.45, 2.75) is 6.92 Å². The number of anilines is 2. The van der Waals surface area contributed by atoms with Gasteiger partial charge in [-0.2, -0.15) is 5.10 Å². The van der Waals surface area contributed by atoms with E-state index in [1.807, 2.05) is 0 Å². The minimum atomic E-state index is -1.23. The van der Waals surface area contributed by atoms with Gasteiger partial charge in [-0.25, -0.2) is 22.0 Å². The molecule has 4 rings (SSSR count). The molecule has 32 heavy (non-hydrogen) atoms. The fraction of sp³-hybridized carbons (Fsp3) is 0.0870. The summed E-state index contributed by atoms with van der Waals surface area (Å²) in [6.45, 7) is 1.63. The van der Waals surface area contributed by atoms with E-state index in [4.69, 9.17) is 0 Å². The summed E-state index contributed by atoms with van der Waals surface area (Å²) in [4.78, 5) is 0. The highest BCUT2D eigenvalue weighted by Gasteiger charge is 2.25. The number of aromatic nitrogens is 2. The smallest absolute Gasteiger partial charge is 0.167 e. The molecule has 0 saturated heterocycles. The average molecular weight is 508 g/mol. The molecule has 0 radical (unpaired) electrons. The Bertz CT molecular complexity index is 1330. The molecule has 1 heterocycles.